The normalized spacial score (nSPS) is 14.7. The molecule has 2 heterocycles. The minimum absolute atomic E-state index is 0.0967. The number of hydrogen-bond donors (Lipinski definition) is 1. The van der Waals surface area contributed by atoms with Crippen LogP contribution in [0.3, 0.4) is 0 Å². The molecule has 1 aliphatic heterocycles. The Labute approximate surface area is 172 Å². The number of anilines is 1. The van der Waals surface area contributed by atoms with Crippen molar-refractivity contribution in [2.45, 2.75) is 17.8 Å². The second kappa shape index (κ2) is 10.4. The quantitative estimate of drug-likeness (QED) is 0.543. The van der Waals surface area contributed by atoms with Gasteiger partial charge in [-0.05, 0) is 12.5 Å². The topological polar surface area (TPSA) is 87.7 Å². The molecule has 0 aliphatic carbocycles. The van der Waals surface area contributed by atoms with Gasteiger partial charge in [0.1, 0.15) is 0 Å². The third-order valence-electron chi connectivity index (χ3n) is 4.18. The molecule has 0 unspecified atom stereocenters. The minimum Gasteiger partial charge on any atom is -0.450 e. The molecule has 8 nitrogen and oxygen atoms in total. The van der Waals surface area contributed by atoms with E-state index in [0.29, 0.717) is 21.8 Å². The zero-order valence-electron chi connectivity index (χ0n) is 15.7. The van der Waals surface area contributed by atoms with E-state index in [1.807, 2.05) is 23.1 Å². The molecular weight excluding hydrogens is 398 g/mol. The molecule has 1 aromatic heterocycles. The first-order valence-electron chi connectivity index (χ1n) is 9.08. The number of hydrogen-bond acceptors (Lipinski definition) is 8. The highest BCUT2D eigenvalue weighted by Gasteiger charge is 2.21. The third kappa shape index (κ3) is 6.18. The van der Waals surface area contributed by atoms with Crippen LogP contribution in [-0.2, 0) is 16.1 Å². The second-order valence-electron chi connectivity index (χ2n) is 6.15. The van der Waals surface area contributed by atoms with Crippen molar-refractivity contribution in [3.63, 3.8) is 0 Å². The van der Waals surface area contributed by atoms with Crippen molar-refractivity contribution in [3.8, 4) is 0 Å². The van der Waals surface area contributed by atoms with Crippen LogP contribution < -0.4 is 5.32 Å². The van der Waals surface area contributed by atoms with E-state index in [9.17, 15) is 9.59 Å². The summed E-state index contributed by atoms with van der Waals surface area (Å²) in [7, 11) is 0. The Balaban J connectivity index is 1.39. The molecule has 1 fully saturated rings. The van der Waals surface area contributed by atoms with Gasteiger partial charge in [-0.2, -0.15) is 0 Å². The number of ether oxygens (including phenoxy) is 1. The number of aromatic nitrogens is 2. The van der Waals surface area contributed by atoms with E-state index in [0.717, 1.165) is 32.7 Å². The molecule has 28 heavy (non-hydrogen) atoms. The molecule has 0 spiro atoms. The Hall–Kier alpha value is -2.17. The predicted molar refractivity (Wildman–Crippen MR) is 110 cm³/mol. The Kier molecular flexibility index (Phi) is 7.63. The van der Waals surface area contributed by atoms with Gasteiger partial charge in [0.05, 0.1) is 12.4 Å². The van der Waals surface area contributed by atoms with Crippen molar-refractivity contribution < 1.29 is 14.3 Å². The summed E-state index contributed by atoms with van der Waals surface area (Å²) >= 11 is 2.56. The molecule has 0 radical (unpaired) electrons. The van der Waals surface area contributed by atoms with Gasteiger partial charge in [0.25, 0.3) is 0 Å². The van der Waals surface area contributed by atoms with Crippen molar-refractivity contribution in [3.05, 3.63) is 35.9 Å². The summed E-state index contributed by atoms with van der Waals surface area (Å²) in [6.07, 6.45) is -0.556. The average molecular weight is 422 g/mol. The van der Waals surface area contributed by atoms with Gasteiger partial charge >= 0.3 is 6.09 Å². The number of piperazine rings is 1. The number of nitrogens with zero attached hydrogens (tertiary/aromatic N) is 4. The Morgan fingerprint density at radius 1 is 1.18 bits per heavy atom. The van der Waals surface area contributed by atoms with Gasteiger partial charge in [-0.1, -0.05) is 53.4 Å². The minimum atomic E-state index is -0.556. The monoisotopic (exact) mass is 421 g/mol. The number of amides is 2. The fourth-order valence-electron chi connectivity index (χ4n) is 2.78. The first kappa shape index (κ1) is 20.6. The van der Waals surface area contributed by atoms with E-state index >= 15 is 0 Å². The molecular formula is C18H23N5O3S2. The zero-order valence-corrected chi connectivity index (χ0v) is 17.3. The molecule has 0 saturated carbocycles. The maximum absolute atomic E-state index is 12.5. The van der Waals surface area contributed by atoms with Gasteiger partial charge in [0.2, 0.25) is 11.0 Å². The van der Waals surface area contributed by atoms with Crippen LogP contribution in [0.2, 0.25) is 0 Å². The molecule has 3 rings (SSSR count). The number of benzene rings is 1. The van der Waals surface area contributed by atoms with Crippen LogP contribution in [0.25, 0.3) is 0 Å². The smallest absolute Gasteiger partial charge is 0.413 e. The Morgan fingerprint density at radius 3 is 2.64 bits per heavy atom. The fourth-order valence-corrected chi connectivity index (χ4v) is 4.43. The van der Waals surface area contributed by atoms with E-state index < -0.39 is 6.09 Å². The van der Waals surface area contributed by atoms with Gasteiger partial charge in [-0.3, -0.25) is 15.0 Å². The third-order valence-corrected chi connectivity index (χ3v) is 6.14. The maximum atomic E-state index is 12.5. The molecule has 1 aliphatic rings. The highest BCUT2D eigenvalue weighted by Crippen LogP contribution is 2.26. The Morgan fingerprint density at radius 2 is 1.93 bits per heavy atom. The SMILES string of the molecule is CCOC(=O)Nc1nnc(SCC(=O)N2CCN(Cc3ccccc3)CC2)s1. The van der Waals surface area contributed by atoms with Gasteiger partial charge in [-0.15, -0.1) is 10.2 Å². The van der Waals surface area contributed by atoms with Crippen LogP contribution in [0, 0.1) is 0 Å². The van der Waals surface area contributed by atoms with Gasteiger partial charge < -0.3 is 9.64 Å². The van der Waals surface area contributed by atoms with Crippen LogP contribution in [0.4, 0.5) is 9.93 Å². The van der Waals surface area contributed by atoms with Crippen molar-refractivity contribution in [1.82, 2.24) is 20.0 Å². The van der Waals surface area contributed by atoms with Crippen molar-refractivity contribution in [1.29, 1.82) is 0 Å². The van der Waals surface area contributed by atoms with Crippen molar-refractivity contribution in [2.75, 3.05) is 43.9 Å². The number of carbonyl (C=O) groups excluding carboxylic acids is 2. The van der Waals surface area contributed by atoms with E-state index in [1.165, 1.54) is 28.7 Å². The van der Waals surface area contributed by atoms with Crippen LogP contribution in [-0.4, -0.2) is 70.5 Å². The van der Waals surface area contributed by atoms with Crippen molar-refractivity contribution >= 4 is 40.2 Å². The lowest BCUT2D eigenvalue weighted by atomic mass is 10.2. The molecule has 1 aromatic carbocycles. The highest BCUT2D eigenvalue weighted by molar-refractivity contribution is 8.01. The summed E-state index contributed by atoms with van der Waals surface area (Å²) in [5, 5.41) is 10.7. The molecule has 2 amide bonds. The largest absolute Gasteiger partial charge is 0.450 e. The van der Waals surface area contributed by atoms with Crippen LogP contribution >= 0.6 is 23.1 Å². The van der Waals surface area contributed by atoms with Gasteiger partial charge in [0.15, 0.2) is 4.34 Å². The lowest BCUT2D eigenvalue weighted by Gasteiger charge is -2.34. The van der Waals surface area contributed by atoms with Crippen LogP contribution in [0.5, 0.6) is 0 Å². The van der Waals surface area contributed by atoms with Gasteiger partial charge in [0, 0.05) is 32.7 Å². The van der Waals surface area contributed by atoms with Crippen LogP contribution in [0.15, 0.2) is 34.7 Å². The summed E-state index contributed by atoms with van der Waals surface area (Å²) in [4.78, 5) is 28.1. The summed E-state index contributed by atoms with van der Waals surface area (Å²) in [6, 6.07) is 10.4. The summed E-state index contributed by atoms with van der Waals surface area (Å²) < 4.78 is 5.44. The molecule has 150 valence electrons. The summed E-state index contributed by atoms with van der Waals surface area (Å²) in [6.45, 7) is 6.15. The molecule has 2 aromatic rings. The lowest BCUT2D eigenvalue weighted by Crippen LogP contribution is -2.48. The molecule has 1 saturated heterocycles. The molecule has 1 N–H and O–H groups in total. The first-order chi connectivity index (χ1) is 13.6. The second-order valence-corrected chi connectivity index (χ2v) is 8.35. The molecule has 0 bridgehead atoms. The lowest BCUT2D eigenvalue weighted by molar-refractivity contribution is -0.130. The number of carbonyl (C=O) groups is 2. The van der Waals surface area contributed by atoms with Crippen LogP contribution in [0.1, 0.15) is 12.5 Å². The number of rotatable bonds is 7. The predicted octanol–water partition coefficient (Wildman–Crippen LogP) is 2.54. The fraction of sp³-hybridized carbons (Fsp3) is 0.444. The Bertz CT molecular complexity index is 779. The van der Waals surface area contributed by atoms with E-state index in [4.69, 9.17) is 4.74 Å². The maximum Gasteiger partial charge on any atom is 0.413 e. The average Bonchev–Trinajstić information content (AvgIpc) is 3.15. The standard InChI is InChI=1S/C18H23N5O3S2/c1-2-26-17(25)19-16-20-21-18(28-16)27-13-15(24)23-10-8-22(9-11-23)12-14-6-4-3-5-7-14/h3-7H,2,8-13H2,1H3,(H,19,20,25). The zero-order chi connectivity index (χ0) is 19.8. The highest BCUT2D eigenvalue weighted by atomic mass is 32.2. The summed E-state index contributed by atoms with van der Waals surface area (Å²) in [5.74, 6) is 0.409. The van der Waals surface area contributed by atoms with E-state index in [2.05, 4.69) is 32.5 Å². The number of nitrogens with one attached hydrogen (secondary N) is 1. The van der Waals surface area contributed by atoms with E-state index in [1.54, 1.807) is 6.92 Å². The van der Waals surface area contributed by atoms with Crippen molar-refractivity contribution in [2.24, 2.45) is 0 Å². The van der Waals surface area contributed by atoms with E-state index in [-0.39, 0.29) is 5.91 Å². The first-order valence-corrected chi connectivity index (χ1v) is 10.9. The van der Waals surface area contributed by atoms with Gasteiger partial charge in [-0.25, -0.2) is 4.79 Å². The molecule has 0 atom stereocenters. The summed E-state index contributed by atoms with van der Waals surface area (Å²) in [5.41, 5.74) is 1.29. The number of thioether (sulfide) groups is 1. The molecule has 10 heteroatoms.